The molecule has 1 aliphatic rings. The number of nitro benzene ring substituents is 1. The summed E-state index contributed by atoms with van der Waals surface area (Å²) in [6, 6.07) is 13.5. The average Bonchev–Trinajstić information content (AvgIpc) is 2.93. The molecule has 0 atom stereocenters. The lowest BCUT2D eigenvalue weighted by Crippen LogP contribution is -2.40. The topological polar surface area (TPSA) is 110 Å². The van der Waals surface area contributed by atoms with Crippen LogP contribution < -0.4 is 5.32 Å². The Kier molecular flexibility index (Phi) is 5.78. The molecule has 8 nitrogen and oxygen atoms in total. The van der Waals surface area contributed by atoms with E-state index in [0.717, 1.165) is 30.2 Å². The highest BCUT2D eigenvalue weighted by Gasteiger charge is 2.37. The SMILES string of the molecule is O=C(CN1C(=O)c2ccc([N+](=O)[O-])cc2C1=O)NCCCCc1ccccc1. The molecular weight excluding hydrogens is 362 g/mol. The lowest BCUT2D eigenvalue weighted by atomic mass is 10.1. The molecule has 1 N–H and O–H groups in total. The van der Waals surface area contributed by atoms with Crippen molar-refractivity contribution in [2.24, 2.45) is 0 Å². The Morgan fingerprint density at radius 3 is 2.43 bits per heavy atom. The molecular formula is C20H19N3O5. The van der Waals surface area contributed by atoms with E-state index in [2.05, 4.69) is 5.32 Å². The van der Waals surface area contributed by atoms with E-state index in [1.165, 1.54) is 17.7 Å². The number of carbonyl (C=O) groups excluding carboxylic acids is 3. The second-order valence-electron chi connectivity index (χ2n) is 6.48. The highest BCUT2D eigenvalue weighted by atomic mass is 16.6. The zero-order chi connectivity index (χ0) is 20.1. The molecule has 0 saturated carbocycles. The van der Waals surface area contributed by atoms with Crippen LogP contribution in [0.5, 0.6) is 0 Å². The number of nitrogens with zero attached hydrogens (tertiary/aromatic N) is 2. The maximum absolute atomic E-state index is 12.4. The lowest BCUT2D eigenvalue weighted by Gasteiger charge is -2.13. The maximum atomic E-state index is 12.4. The third-order valence-corrected chi connectivity index (χ3v) is 4.52. The van der Waals surface area contributed by atoms with E-state index in [4.69, 9.17) is 0 Å². The van der Waals surface area contributed by atoms with Gasteiger partial charge in [-0.1, -0.05) is 30.3 Å². The van der Waals surface area contributed by atoms with Gasteiger partial charge in [0.2, 0.25) is 5.91 Å². The van der Waals surface area contributed by atoms with Gasteiger partial charge >= 0.3 is 0 Å². The van der Waals surface area contributed by atoms with E-state index in [1.54, 1.807) is 0 Å². The van der Waals surface area contributed by atoms with Gasteiger partial charge in [-0.05, 0) is 30.9 Å². The molecule has 0 saturated heterocycles. The molecule has 1 heterocycles. The summed E-state index contributed by atoms with van der Waals surface area (Å²) in [6.45, 7) is 0.0408. The number of benzene rings is 2. The summed E-state index contributed by atoms with van der Waals surface area (Å²) in [6.07, 6.45) is 2.59. The largest absolute Gasteiger partial charge is 0.355 e. The number of imide groups is 1. The Balaban J connectivity index is 1.48. The number of carbonyl (C=O) groups is 3. The number of hydrogen-bond acceptors (Lipinski definition) is 5. The quantitative estimate of drug-likeness (QED) is 0.327. The molecule has 0 bridgehead atoms. The molecule has 0 radical (unpaired) electrons. The third kappa shape index (κ3) is 4.22. The molecule has 0 aromatic heterocycles. The van der Waals surface area contributed by atoms with Crippen LogP contribution in [0.1, 0.15) is 39.1 Å². The van der Waals surface area contributed by atoms with Crippen molar-refractivity contribution in [1.82, 2.24) is 10.2 Å². The van der Waals surface area contributed by atoms with Crippen molar-refractivity contribution in [1.29, 1.82) is 0 Å². The van der Waals surface area contributed by atoms with E-state index in [-0.39, 0.29) is 16.8 Å². The Bertz CT molecular complexity index is 927. The number of nitro groups is 1. The molecule has 0 aliphatic carbocycles. The van der Waals surface area contributed by atoms with Gasteiger partial charge in [-0.3, -0.25) is 29.4 Å². The molecule has 2 aromatic rings. The van der Waals surface area contributed by atoms with Crippen LogP contribution in [0.4, 0.5) is 5.69 Å². The first-order valence-electron chi connectivity index (χ1n) is 8.92. The Labute approximate surface area is 161 Å². The molecule has 1 aliphatic heterocycles. The average molecular weight is 381 g/mol. The highest BCUT2D eigenvalue weighted by Crippen LogP contribution is 2.26. The summed E-state index contributed by atoms with van der Waals surface area (Å²) < 4.78 is 0. The monoisotopic (exact) mass is 381 g/mol. The molecule has 28 heavy (non-hydrogen) atoms. The van der Waals surface area contributed by atoms with Gasteiger partial charge in [0, 0.05) is 18.7 Å². The van der Waals surface area contributed by atoms with Gasteiger partial charge in [-0.25, -0.2) is 0 Å². The Morgan fingerprint density at radius 1 is 1.00 bits per heavy atom. The second kappa shape index (κ2) is 8.43. The van der Waals surface area contributed by atoms with Gasteiger partial charge in [0.25, 0.3) is 17.5 Å². The van der Waals surface area contributed by atoms with Gasteiger partial charge in [0.05, 0.1) is 16.1 Å². The lowest BCUT2D eigenvalue weighted by molar-refractivity contribution is -0.384. The number of non-ortho nitro benzene ring substituents is 1. The van der Waals surface area contributed by atoms with Crippen LogP contribution in [0.25, 0.3) is 0 Å². The van der Waals surface area contributed by atoms with Gasteiger partial charge in [0.15, 0.2) is 0 Å². The Morgan fingerprint density at radius 2 is 1.71 bits per heavy atom. The third-order valence-electron chi connectivity index (χ3n) is 4.52. The zero-order valence-electron chi connectivity index (χ0n) is 15.1. The number of aryl methyl sites for hydroxylation is 1. The standard InChI is InChI=1S/C20H19N3O5/c24-18(21-11-5-4-8-14-6-2-1-3-7-14)13-22-19(25)16-10-9-15(23(27)28)12-17(16)20(22)26/h1-3,6-7,9-10,12H,4-5,8,11,13H2,(H,21,24). The van der Waals surface area contributed by atoms with E-state index in [1.807, 2.05) is 30.3 Å². The maximum Gasteiger partial charge on any atom is 0.270 e. The van der Waals surface area contributed by atoms with E-state index in [9.17, 15) is 24.5 Å². The van der Waals surface area contributed by atoms with Crippen LogP contribution >= 0.6 is 0 Å². The first kappa shape index (κ1) is 19.2. The minimum atomic E-state index is -0.692. The smallest absolute Gasteiger partial charge is 0.270 e. The highest BCUT2D eigenvalue weighted by molar-refractivity contribution is 6.22. The normalized spacial score (nSPS) is 12.8. The zero-order valence-corrected chi connectivity index (χ0v) is 15.1. The van der Waals surface area contributed by atoms with Crippen molar-refractivity contribution in [3.63, 3.8) is 0 Å². The first-order valence-corrected chi connectivity index (χ1v) is 8.92. The van der Waals surface area contributed by atoms with Crippen LogP contribution in [0.3, 0.4) is 0 Å². The molecule has 2 aromatic carbocycles. The predicted molar refractivity (Wildman–Crippen MR) is 101 cm³/mol. The van der Waals surface area contributed by atoms with Crippen molar-refractivity contribution >= 4 is 23.4 Å². The fourth-order valence-corrected chi connectivity index (χ4v) is 3.06. The van der Waals surface area contributed by atoms with Crippen molar-refractivity contribution < 1.29 is 19.3 Å². The summed E-state index contributed by atoms with van der Waals surface area (Å²) in [5.74, 6) is -1.75. The summed E-state index contributed by atoms with van der Waals surface area (Å²) in [5, 5.41) is 13.5. The van der Waals surface area contributed by atoms with E-state index in [0.29, 0.717) is 6.54 Å². The number of amides is 3. The molecule has 8 heteroatoms. The molecule has 3 amide bonds. The second-order valence-corrected chi connectivity index (χ2v) is 6.48. The number of hydrogen-bond donors (Lipinski definition) is 1. The van der Waals surface area contributed by atoms with E-state index < -0.39 is 29.2 Å². The van der Waals surface area contributed by atoms with Gasteiger partial charge in [-0.2, -0.15) is 0 Å². The fraction of sp³-hybridized carbons (Fsp3) is 0.250. The van der Waals surface area contributed by atoms with Crippen molar-refractivity contribution in [3.05, 3.63) is 75.3 Å². The van der Waals surface area contributed by atoms with Crippen molar-refractivity contribution in [2.45, 2.75) is 19.3 Å². The molecule has 0 spiro atoms. The fourth-order valence-electron chi connectivity index (χ4n) is 3.06. The van der Waals surface area contributed by atoms with E-state index >= 15 is 0 Å². The number of nitrogens with one attached hydrogen (secondary N) is 1. The summed E-state index contributed by atoms with van der Waals surface area (Å²) in [5.41, 5.74) is 0.986. The van der Waals surface area contributed by atoms with Gasteiger partial charge in [0.1, 0.15) is 6.54 Å². The van der Waals surface area contributed by atoms with Gasteiger partial charge in [-0.15, -0.1) is 0 Å². The van der Waals surface area contributed by atoms with Crippen LogP contribution in [0, 0.1) is 10.1 Å². The molecule has 144 valence electrons. The summed E-state index contributed by atoms with van der Waals surface area (Å²) in [4.78, 5) is 47.8. The van der Waals surface area contributed by atoms with Crippen LogP contribution in [0.15, 0.2) is 48.5 Å². The molecule has 3 rings (SSSR count). The number of unbranched alkanes of at least 4 members (excludes halogenated alkanes) is 1. The minimum Gasteiger partial charge on any atom is -0.355 e. The first-order chi connectivity index (χ1) is 13.5. The molecule has 0 fully saturated rings. The predicted octanol–water partition coefficient (Wildman–Crippen LogP) is 2.33. The summed E-state index contributed by atoms with van der Waals surface area (Å²) >= 11 is 0. The molecule has 0 unspecified atom stereocenters. The van der Waals surface area contributed by atoms with Gasteiger partial charge < -0.3 is 5.32 Å². The van der Waals surface area contributed by atoms with Crippen LogP contribution in [0.2, 0.25) is 0 Å². The number of fused-ring (bicyclic) bond motifs is 1. The van der Waals surface area contributed by atoms with Crippen LogP contribution in [-0.2, 0) is 11.2 Å². The Hall–Kier alpha value is -3.55. The summed E-state index contributed by atoms with van der Waals surface area (Å²) in [7, 11) is 0. The van der Waals surface area contributed by atoms with Crippen LogP contribution in [-0.4, -0.2) is 40.6 Å². The van der Waals surface area contributed by atoms with Crippen molar-refractivity contribution in [3.8, 4) is 0 Å². The minimum absolute atomic E-state index is 0.0464. The van der Waals surface area contributed by atoms with Crippen molar-refractivity contribution in [2.75, 3.05) is 13.1 Å². The number of rotatable bonds is 8.